The molecule has 0 fully saturated rings. The maximum absolute atomic E-state index is 10.9. The molecule has 1 unspecified atom stereocenters. The van der Waals surface area contributed by atoms with Crippen molar-refractivity contribution >= 4 is 16.0 Å². The predicted octanol–water partition coefficient (Wildman–Crippen LogP) is 3.59. The topological polar surface area (TPSA) is 157 Å². The molecule has 0 amide bonds. The minimum atomic E-state index is -4.48. The number of aliphatic hydroxyl groups excluding tert-OH is 1. The van der Waals surface area contributed by atoms with Crippen LogP contribution < -0.4 is 0 Å². The average molecular weight is 449 g/mol. The fraction of sp³-hybridized carbons (Fsp3) is 1.00. The Bertz CT molecular complexity index is 472. The Morgan fingerprint density at radius 2 is 1.25 bits per heavy atom. The first-order chi connectivity index (χ1) is 12.5. The van der Waals surface area contributed by atoms with Crippen molar-refractivity contribution in [1.82, 2.24) is 0 Å². The molecule has 170 valence electrons. The second-order valence-corrected chi connectivity index (χ2v) is 10.9. The standard InChI is InChI=1S/C17H38O9P2/c1-16(2,25-27(19,20)21)13-9-5-7-11-15(18)12-8-6-10-14-17(3,4)26-28(22,23)24/h15,18-21H,5-14H2,1-4H3,(H-,22,23,24)/p+1. The fourth-order valence-corrected chi connectivity index (χ4v) is 4.59. The molecular weight excluding hydrogens is 410 g/mol. The normalized spacial score (nSPS) is 15.1. The number of rotatable bonds is 16. The van der Waals surface area contributed by atoms with Crippen molar-refractivity contribution in [1.29, 1.82) is 0 Å². The molecule has 6 N–H and O–H groups in total. The van der Waals surface area contributed by atoms with E-state index in [1.165, 1.54) is 0 Å². The van der Waals surface area contributed by atoms with E-state index in [4.69, 9.17) is 33.5 Å². The first-order valence-corrected chi connectivity index (χ1v) is 12.8. The molecule has 0 aromatic rings. The zero-order valence-corrected chi connectivity index (χ0v) is 19.2. The Balaban J connectivity index is 3.76. The molecule has 9 nitrogen and oxygen atoms in total. The lowest BCUT2D eigenvalue weighted by molar-refractivity contribution is 0.0364. The van der Waals surface area contributed by atoms with Gasteiger partial charge in [0.1, 0.15) is 5.60 Å². The van der Waals surface area contributed by atoms with Gasteiger partial charge in [-0.2, -0.15) is 14.7 Å². The molecule has 28 heavy (non-hydrogen) atoms. The highest BCUT2D eigenvalue weighted by Crippen LogP contribution is 2.50. The van der Waals surface area contributed by atoms with Crippen LogP contribution in [0.1, 0.15) is 91.9 Å². The van der Waals surface area contributed by atoms with Gasteiger partial charge in [0.05, 0.1) is 11.7 Å². The van der Waals surface area contributed by atoms with E-state index < -0.39 is 27.2 Å². The van der Waals surface area contributed by atoms with Crippen LogP contribution in [0.5, 0.6) is 0 Å². The molecular formula is C17H39O9P2+. The van der Waals surface area contributed by atoms with Crippen LogP contribution >= 0.6 is 16.0 Å². The molecule has 0 aliphatic rings. The van der Waals surface area contributed by atoms with Crippen molar-refractivity contribution < 1.29 is 43.2 Å². The summed E-state index contributed by atoms with van der Waals surface area (Å²) >= 11 is 0. The van der Waals surface area contributed by atoms with Crippen molar-refractivity contribution in [2.75, 3.05) is 0 Å². The van der Waals surface area contributed by atoms with Crippen LogP contribution in [0.2, 0.25) is 0 Å². The van der Waals surface area contributed by atoms with E-state index in [-0.39, 0.29) is 6.10 Å². The number of aliphatic hydroxyl groups is 1. The van der Waals surface area contributed by atoms with Gasteiger partial charge in [-0.25, -0.2) is 4.57 Å². The van der Waals surface area contributed by atoms with Gasteiger partial charge in [-0.15, -0.1) is 4.52 Å². The van der Waals surface area contributed by atoms with Gasteiger partial charge in [-0.3, -0.25) is 4.52 Å². The van der Waals surface area contributed by atoms with Crippen LogP contribution in [-0.2, 0) is 13.6 Å². The van der Waals surface area contributed by atoms with Gasteiger partial charge in [0.25, 0.3) is 0 Å². The van der Waals surface area contributed by atoms with E-state index in [0.29, 0.717) is 25.7 Å². The van der Waals surface area contributed by atoms with Crippen LogP contribution in [0.25, 0.3) is 0 Å². The highest BCUT2D eigenvalue weighted by Gasteiger charge is 2.41. The second kappa shape index (κ2) is 12.3. The third-order valence-electron chi connectivity index (χ3n) is 4.37. The molecule has 0 bridgehead atoms. The maximum atomic E-state index is 10.9. The van der Waals surface area contributed by atoms with Gasteiger partial charge in [-0.1, -0.05) is 38.5 Å². The Morgan fingerprint density at radius 3 is 1.64 bits per heavy atom. The smallest absolute Gasteiger partial charge is 0.393 e. The van der Waals surface area contributed by atoms with E-state index >= 15 is 0 Å². The molecule has 0 rings (SSSR count). The van der Waals surface area contributed by atoms with Gasteiger partial charge < -0.3 is 14.9 Å². The summed E-state index contributed by atoms with van der Waals surface area (Å²) in [5.74, 6) is 0. The van der Waals surface area contributed by atoms with E-state index in [1.54, 1.807) is 27.7 Å². The summed E-state index contributed by atoms with van der Waals surface area (Å²) in [5, 5.41) is 10.0. The average Bonchev–Trinajstić information content (AvgIpc) is 2.40. The van der Waals surface area contributed by atoms with E-state index in [1.807, 2.05) is 0 Å². The molecule has 1 atom stereocenters. The Morgan fingerprint density at radius 1 is 0.821 bits per heavy atom. The summed E-state index contributed by atoms with van der Waals surface area (Å²) in [7, 11) is -8.72. The fourth-order valence-electron chi connectivity index (χ4n) is 3.10. The zero-order valence-electron chi connectivity index (χ0n) is 17.5. The Labute approximate surface area is 169 Å². The van der Waals surface area contributed by atoms with Gasteiger partial charge >= 0.3 is 16.0 Å². The lowest BCUT2D eigenvalue weighted by atomic mass is 9.97. The van der Waals surface area contributed by atoms with Gasteiger partial charge in [0.2, 0.25) is 0 Å². The molecule has 11 heteroatoms. The Hall–Kier alpha value is 0.340. The van der Waals surface area contributed by atoms with Gasteiger partial charge in [-0.05, 0) is 53.4 Å². The third-order valence-corrected chi connectivity index (χ3v) is 5.84. The minimum absolute atomic E-state index is 0.380. The van der Waals surface area contributed by atoms with Gasteiger partial charge in [0, 0.05) is 0 Å². The maximum Gasteiger partial charge on any atom is 0.567 e. The van der Waals surface area contributed by atoms with Gasteiger partial charge in [0.15, 0.2) is 0 Å². The van der Waals surface area contributed by atoms with Crippen LogP contribution in [0, 0.1) is 0 Å². The first kappa shape index (κ1) is 28.3. The van der Waals surface area contributed by atoms with E-state index in [9.17, 15) is 9.67 Å². The lowest BCUT2D eigenvalue weighted by Crippen LogP contribution is -2.24. The summed E-state index contributed by atoms with van der Waals surface area (Å²) in [6, 6.07) is 0. The molecule has 0 saturated carbocycles. The molecule has 0 aliphatic carbocycles. The van der Waals surface area contributed by atoms with Crippen LogP contribution in [0.15, 0.2) is 0 Å². The summed E-state index contributed by atoms with van der Waals surface area (Å²) in [4.78, 5) is 44.6. The summed E-state index contributed by atoms with van der Waals surface area (Å²) < 4.78 is 20.5. The second-order valence-electron chi connectivity index (χ2n) is 8.56. The summed E-state index contributed by atoms with van der Waals surface area (Å²) in [5.41, 5.74) is -1.69. The highest BCUT2D eigenvalue weighted by molar-refractivity contribution is 7.53. The summed E-state index contributed by atoms with van der Waals surface area (Å²) in [6.07, 6.45) is 7.04. The first-order valence-electron chi connectivity index (χ1n) is 9.74. The number of unbranched alkanes of at least 4 members (excludes halogenated alkanes) is 4. The predicted molar refractivity (Wildman–Crippen MR) is 108 cm³/mol. The zero-order chi connectivity index (χ0) is 22.1. The molecule has 0 saturated heterocycles. The number of hydrogen-bond donors (Lipinski definition) is 6. The quantitative estimate of drug-likeness (QED) is 0.153. The number of hydrogen-bond acceptors (Lipinski definition) is 7. The Kier molecular flexibility index (Phi) is 12.4. The van der Waals surface area contributed by atoms with Crippen molar-refractivity contribution in [3.8, 4) is 0 Å². The van der Waals surface area contributed by atoms with Crippen molar-refractivity contribution in [3.05, 3.63) is 0 Å². The van der Waals surface area contributed by atoms with E-state index in [2.05, 4.69) is 0 Å². The molecule has 0 radical (unpaired) electrons. The van der Waals surface area contributed by atoms with Crippen molar-refractivity contribution in [2.45, 2.75) is 109 Å². The molecule has 0 aliphatic heterocycles. The molecule has 0 aromatic heterocycles. The van der Waals surface area contributed by atoms with Crippen LogP contribution in [0.3, 0.4) is 0 Å². The monoisotopic (exact) mass is 449 g/mol. The minimum Gasteiger partial charge on any atom is -0.393 e. The van der Waals surface area contributed by atoms with Crippen molar-refractivity contribution in [3.63, 3.8) is 0 Å². The van der Waals surface area contributed by atoms with E-state index in [0.717, 1.165) is 38.5 Å². The highest BCUT2D eigenvalue weighted by atomic mass is 31.2. The SMILES string of the molecule is CC(C)(CCCCCC(O)CCCCCC(C)(C)O[P+](O)(O)O)OP(=O)(O)O. The van der Waals surface area contributed by atoms with Crippen LogP contribution in [0.4, 0.5) is 0 Å². The molecule has 0 heterocycles. The number of phosphoric ester groups is 1. The number of phosphoric acid groups is 1. The lowest BCUT2D eigenvalue weighted by Gasteiger charge is -2.25. The molecule has 0 spiro atoms. The third kappa shape index (κ3) is 18.4. The molecule has 0 aromatic carbocycles. The largest absolute Gasteiger partial charge is 0.567 e. The summed E-state index contributed by atoms with van der Waals surface area (Å²) in [6.45, 7) is 6.67. The van der Waals surface area contributed by atoms with Crippen molar-refractivity contribution in [2.24, 2.45) is 0 Å². The van der Waals surface area contributed by atoms with Crippen LogP contribution in [-0.4, -0.2) is 46.9 Å².